The number of ether oxygens (including phenoxy) is 1. The highest BCUT2D eigenvalue weighted by Gasteiger charge is 2.22. The summed E-state index contributed by atoms with van der Waals surface area (Å²) in [6.07, 6.45) is 1.51. The molecule has 1 aliphatic heterocycles. The molecule has 1 aromatic rings. The van der Waals surface area contributed by atoms with E-state index in [-0.39, 0.29) is 17.9 Å². The van der Waals surface area contributed by atoms with E-state index in [1.54, 1.807) is 6.07 Å². The van der Waals surface area contributed by atoms with Crippen molar-refractivity contribution in [2.45, 2.75) is 26.4 Å². The Morgan fingerprint density at radius 2 is 1.91 bits per heavy atom. The Labute approximate surface area is 136 Å². The van der Waals surface area contributed by atoms with Crippen molar-refractivity contribution in [1.82, 2.24) is 15.1 Å². The number of piperazine rings is 1. The molecule has 0 unspecified atom stereocenters. The van der Waals surface area contributed by atoms with Gasteiger partial charge < -0.3 is 14.5 Å². The molecule has 1 fully saturated rings. The Morgan fingerprint density at radius 1 is 1.26 bits per heavy atom. The molecule has 0 radical (unpaired) electrons. The molecule has 23 heavy (non-hydrogen) atoms. The SMILES string of the molecule is COC(=O)c1ccoc1CN1CCN(CC(=O)NC(C)C)CC1. The highest BCUT2D eigenvalue weighted by atomic mass is 16.5. The number of amides is 1. The van der Waals surface area contributed by atoms with Crippen LogP contribution in [0.4, 0.5) is 0 Å². The van der Waals surface area contributed by atoms with Gasteiger partial charge in [0.05, 0.1) is 26.5 Å². The number of nitrogens with zero attached hydrogens (tertiary/aromatic N) is 2. The van der Waals surface area contributed by atoms with Gasteiger partial charge in [-0.1, -0.05) is 0 Å². The second-order valence-corrected chi connectivity index (χ2v) is 6.02. The number of rotatable bonds is 6. The molecule has 7 heteroatoms. The molecule has 0 bridgehead atoms. The molecule has 2 heterocycles. The smallest absolute Gasteiger partial charge is 0.341 e. The lowest BCUT2D eigenvalue weighted by Crippen LogP contribution is -2.49. The van der Waals surface area contributed by atoms with Crippen molar-refractivity contribution < 1.29 is 18.7 Å². The zero-order valence-electron chi connectivity index (χ0n) is 14.0. The molecule has 0 atom stereocenters. The third-order valence-electron chi connectivity index (χ3n) is 3.80. The first-order chi connectivity index (χ1) is 11.0. The van der Waals surface area contributed by atoms with Crippen LogP contribution in [0.1, 0.15) is 30.0 Å². The van der Waals surface area contributed by atoms with E-state index in [1.165, 1.54) is 13.4 Å². The van der Waals surface area contributed by atoms with E-state index >= 15 is 0 Å². The summed E-state index contributed by atoms with van der Waals surface area (Å²) in [6.45, 7) is 8.21. The van der Waals surface area contributed by atoms with Crippen LogP contribution in [0, 0.1) is 0 Å². The minimum absolute atomic E-state index is 0.0625. The van der Waals surface area contributed by atoms with E-state index in [9.17, 15) is 9.59 Å². The normalized spacial score (nSPS) is 16.5. The van der Waals surface area contributed by atoms with Crippen LogP contribution in [0.3, 0.4) is 0 Å². The third kappa shape index (κ3) is 5.07. The van der Waals surface area contributed by atoms with Crippen molar-refractivity contribution in [3.05, 3.63) is 23.7 Å². The first-order valence-electron chi connectivity index (χ1n) is 7.88. The van der Waals surface area contributed by atoms with Crippen LogP contribution in [0.15, 0.2) is 16.7 Å². The topological polar surface area (TPSA) is 75.0 Å². The summed E-state index contributed by atoms with van der Waals surface area (Å²) in [5.41, 5.74) is 0.478. The van der Waals surface area contributed by atoms with Crippen LogP contribution < -0.4 is 5.32 Å². The number of esters is 1. The molecule has 1 aliphatic rings. The number of furan rings is 1. The second-order valence-electron chi connectivity index (χ2n) is 6.02. The molecule has 0 saturated carbocycles. The van der Waals surface area contributed by atoms with E-state index in [0.717, 1.165) is 26.2 Å². The summed E-state index contributed by atoms with van der Waals surface area (Å²) < 4.78 is 10.2. The van der Waals surface area contributed by atoms with E-state index < -0.39 is 0 Å². The van der Waals surface area contributed by atoms with Gasteiger partial charge in [-0.15, -0.1) is 0 Å². The van der Waals surface area contributed by atoms with Gasteiger partial charge in [0.15, 0.2) is 0 Å². The molecule has 7 nitrogen and oxygen atoms in total. The monoisotopic (exact) mass is 323 g/mol. The van der Waals surface area contributed by atoms with Gasteiger partial charge in [0.25, 0.3) is 0 Å². The van der Waals surface area contributed by atoms with Crippen molar-refractivity contribution in [3.63, 3.8) is 0 Å². The van der Waals surface area contributed by atoms with Crippen LogP contribution in [-0.4, -0.2) is 67.6 Å². The Bertz CT molecular complexity index is 533. The molecular formula is C16H25N3O4. The van der Waals surface area contributed by atoms with Crippen LogP contribution in [0.25, 0.3) is 0 Å². The molecular weight excluding hydrogens is 298 g/mol. The van der Waals surface area contributed by atoms with Gasteiger partial charge in [0, 0.05) is 32.2 Å². The maximum Gasteiger partial charge on any atom is 0.341 e. The largest absolute Gasteiger partial charge is 0.467 e. The zero-order valence-corrected chi connectivity index (χ0v) is 14.0. The highest BCUT2D eigenvalue weighted by molar-refractivity contribution is 5.90. The second kappa shape index (κ2) is 8.12. The van der Waals surface area contributed by atoms with Crippen molar-refractivity contribution in [3.8, 4) is 0 Å². The summed E-state index contributed by atoms with van der Waals surface area (Å²) >= 11 is 0. The van der Waals surface area contributed by atoms with Gasteiger partial charge in [-0.05, 0) is 19.9 Å². The zero-order chi connectivity index (χ0) is 16.8. The minimum atomic E-state index is -0.377. The van der Waals surface area contributed by atoms with Crippen molar-refractivity contribution in [2.24, 2.45) is 0 Å². The maximum atomic E-state index is 11.8. The highest BCUT2D eigenvalue weighted by Crippen LogP contribution is 2.15. The quantitative estimate of drug-likeness (QED) is 0.777. The first kappa shape index (κ1) is 17.5. The molecule has 1 amide bonds. The number of hydrogen-bond donors (Lipinski definition) is 1. The van der Waals surface area contributed by atoms with Gasteiger partial charge in [0.2, 0.25) is 5.91 Å². The van der Waals surface area contributed by atoms with Crippen molar-refractivity contribution in [1.29, 1.82) is 0 Å². The van der Waals surface area contributed by atoms with Crippen molar-refractivity contribution >= 4 is 11.9 Å². The lowest BCUT2D eigenvalue weighted by atomic mass is 10.2. The van der Waals surface area contributed by atoms with E-state index in [4.69, 9.17) is 9.15 Å². The Hall–Kier alpha value is -1.86. The average Bonchev–Trinajstić information content (AvgIpc) is 2.95. The van der Waals surface area contributed by atoms with Crippen LogP contribution in [0.5, 0.6) is 0 Å². The number of nitrogens with one attached hydrogen (secondary N) is 1. The average molecular weight is 323 g/mol. The van der Waals surface area contributed by atoms with Gasteiger partial charge in [-0.3, -0.25) is 14.6 Å². The molecule has 1 saturated heterocycles. The molecule has 2 rings (SSSR count). The Morgan fingerprint density at radius 3 is 2.52 bits per heavy atom. The molecule has 0 spiro atoms. The molecule has 1 aromatic heterocycles. The lowest BCUT2D eigenvalue weighted by Gasteiger charge is -2.34. The van der Waals surface area contributed by atoms with E-state index in [0.29, 0.717) is 24.4 Å². The van der Waals surface area contributed by atoms with Gasteiger partial charge in [0.1, 0.15) is 11.3 Å². The number of carbonyl (C=O) groups excluding carboxylic acids is 2. The maximum absolute atomic E-state index is 11.8. The predicted molar refractivity (Wildman–Crippen MR) is 85.0 cm³/mol. The molecule has 128 valence electrons. The minimum Gasteiger partial charge on any atom is -0.467 e. The van der Waals surface area contributed by atoms with Crippen LogP contribution >= 0.6 is 0 Å². The molecule has 0 aromatic carbocycles. The summed E-state index contributed by atoms with van der Waals surface area (Å²) in [5, 5.41) is 2.90. The van der Waals surface area contributed by atoms with Gasteiger partial charge >= 0.3 is 5.97 Å². The lowest BCUT2D eigenvalue weighted by molar-refractivity contribution is -0.123. The van der Waals surface area contributed by atoms with Gasteiger partial charge in [-0.25, -0.2) is 4.79 Å². The fraction of sp³-hybridized carbons (Fsp3) is 0.625. The Balaban J connectivity index is 1.80. The predicted octanol–water partition coefficient (Wildman–Crippen LogP) is 0.708. The number of hydrogen-bond acceptors (Lipinski definition) is 6. The molecule has 1 N–H and O–H groups in total. The van der Waals surface area contributed by atoms with Crippen molar-refractivity contribution in [2.75, 3.05) is 39.8 Å². The van der Waals surface area contributed by atoms with E-state index in [2.05, 4.69) is 15.1 Å². The standard InChI is InChI=1S/C16H25N3O4/c1-12(2)17-15(20)11-19-7-5-18(6-8-19)10-14-13(4-9-23-14)16(21)22-3/h4,9,12H,5-8,10-11H2,1-3H3,(H,17,20). The first-order valence-corrected chi connectivity index (χ1v) is 7.88. The van der Waals surface area contributed by atoms with Gasteiger partial charge in [-0.2, -0.15) is 0 Å². The van der Waals surface area contributed by atoms with E-state index in [1.807, 2.05) is 13.8 Å². The Kier molecular flexibility index (Phi) is 6.18. The number of carbonyl (C=O) groups is 2. The summed E-state index contributed by atoms with van der Waals surface area (Å²) in [6, 6.07) is 1.80. The summed E-state index contributed by atoms with van der Waals surface area (Å²) in [7, 11) is 1.36. The summed E-state index contributed by atoms with van der Waals surface area (Å²) in [4.78, 5) is 27.8. The molecule has 0 aliphatic carbocycles. The third-order valence-corrected chi connectivity index (χ3v) is 3.80. The number of methoxy groups -OCH3 is 1. The fourth-order valence-electron chi connectivity index (χ4n) is 2.63. The van der Waals surface area contributed by atoms with Crippen LogP contribution in [0.2, 0.25) is 0 Å². The summed E-state index contributed by atoms with van der Waals surface area (Å²) in [5.74, 6) is 0.313. The van der Waals surface area contributed by atoms with Crippen LogP contribution in [-0.2, 0) is 16.1 Å². The fourth-order valence-corrected chi connectivity index (χ4v) is 2.63.